The standard InChI is InChI=1S/C13H15NO4/c1-8-3-4-10(6-11(8)18-2)14-7-9(13(16)17)5-12(14)15/h3-4,6,9H,5,7H2,1-2H3,(H,16,17). The fourth-order valence-corrected chi connectivity index (χ4v) is 2.10. The van der Waals surface area contributed by atoms with E-state index in [1.807, 2.05) is 13.0 Å². The summed E-state index contributed by atoms with van der Waals surface area (Å²) in [7, 11) is 1.57. The zero-order chi connectivity index (χ0) is 13.3. The molecule has 5 heteroatoms. The van der Waals surface area contributed by atoms with Gasteiger partial charge in [0.1, 0.15) is 5.75 Å². The van der Waals surface area contributed by atoms with Crippen molar-refractivity contribution in [1.82, 2.24) is 0 Å². The van der Waals surface area contributed by atoms with E-state index in [0.29, 0.717) is 11.4 Å². The number of carbonyl (C=O) groups excluding carboxylic acids is 1. The Bertz CT molecular complexity index is 498. The van der Waals surface area contributed by atoms with Gasteiger partial charge in [-0.3, -0.25) is 9.59 Å². The highest BCUT2D eigenvalue weighted by Crippen LogP contribution is 2.29. The van der Waals surface area contributed by atoms with Crippen molar-refractivity contribution in [3.63, 3.8) is 0 Å². The Balaban J connectivity index is 2.27. The molecule has 1 aromatic rings. The third-order valence-electron chi connectivity index (χ3n) is 3.18. The second-order valence-electron chi connectivity index (χ2n) is 4.40. The molecule has 1 heterocycles. The molecule has 0 spiro atoms. The van der Waals surface area contributed by atoms with E-state index in [1.54, 1.807) is 19.2 Å². The topological polar surface area (TPSA) is 66.8 Å². The number of carboxylic acid groups (broad SMARTS) is 1. The van der Waals surface area contributed by atoms with E-state index in [-0.39, 0.29) is 18.9 Å². The molecule has 1 N–H and O–H groups in total. The molecule has 1 saturated heterocycles. The van der Waals surface area contributed by atoms with Gasteiger partial charge in [0.15, 0.2) is 0 Å². The van der Waals surface area contributed by atoms with Crippen LogP contribution in [0, 0.1) is 12.8 Å². The van der Waals surface area contributed by atoms with Crippen molar-refractivity contribution in [3.05, 3.63) is 23.8 Å². The van der Waals surface area contributed by atoms with Crippen molar-refractivity contribution >= 4 is 17.6 Å². The zero-order valence-electron chi connectivity index (χ0n) is 10.3. The predicted octanol–water partition coefficient (Wildman–Crippen LogP) is 1.44. The minimum atomic E-state index is -0.926. The van der Waals surface area contributed by atoms with Gasteiger partial charge in [-0.25, -0.2) is 0 Å². The van der Waals surface area contributed by atoms with Crippen molar-refractivity contribution in [2.45, 2.75) is 13.3 Å². The van der Waals surface area contributed by atoms with Gasteiger partial charge in [-0.05, 0) is 18.6 Å². The number of benzene rings is 1. The first kappa shape index (κ1) is 12.4. The first-order valence-electron chi connectivity index (χ1n) is 5.70. The third kappa shape index (κ3) is 2.16. The van der Waals surface area contributed by atoms with E-state index in [2.05, 4.69) is 0 Å². The molecule has 0 saturated carbocycles. The summed E-state index contributed by atoms with van der Waals surface area (Å²) in [6.07, 6.45) is 0.0610. The van der Waals surface area contributed by atoms with Gasteiger partial charge in [0.05, 0.1) is 13.0 Å². The van der Waals surface area contributed by atoms with Gasteiger partial charge in [-0.15, -0.1) is 0 Å². The van der Waals surface area contributed by atoms with Gasteiger partial charge in [0, 0.05) is 24.7 Å². The van der Waals surface area contributed by atoms with Crippen LogP contribution in [0.5, 0.6) is 5.75 Å². The predicted molar refractivity (Wildman–Crippen MR) is 65.8 cm³/mol. The maximum atomic E-state index is 11.8. The summed E-state index contributed by atoms with van der Waals surface area (Å²) < 4.78 is 5.20. The number of aliphatic carboxylic acids is 1. The smallest absolute Gasteiger partial charge is 0.308 e. The maximum absolute atomic E-state index is 11.8. The Morgan fingerprint density at radius 3 is 2.78 bits per heavy atom. The van der Waals surface area contributed by atoms with E-state index in [0.717, 1.165) is 5.56 Å². The number of rotatable bonds is 3. The van der Waals surface area contributed by atoms with Crippen molar-refractivity contribution in [1.29, 1.82) is 0 Å². The summed E-state index contributed by atoms with van der Waals surface area (Å²) in [5.74, 6) is -1.01. The molecule has 1 aliphatic rings. The molecule has 18 heavy (non-hydrogen) atoms. The lowest BCUT2D eigenvalue weighted by atomic mass is 10.1. The fraction of sp³-hybridized carbons (Fsp3) is 0.385. The Labute approximate surface area is 105 Å². The number of aryl methyl sites for hydroxylation is 1. The number of amides is 1. The highest BCUT2D eigenvalue weighted by Gasteiger charge is 2.35. The van der Waals surface area contributed by atoms with Crippen LogP contribution in [0.25, 0.3) is 0 Å². The first-order chi connectivity index (χ1) is 8.52. The van der Waals surface area contributed by atoms with Crippen molar-refractivity contribution < 1.29 is 19.4 Å². The number of carbonyl (C=O) groups is 2. The third-order valence-corrected chi connectivity index (χ3v) is 3.18. The molecule has 96 valence electrons. The van der Waals surface area contributed by atoms with Gasteiger partial charge in [0.2, 0.25) is 5.91 Å². The highest BCUT2D eigenvalue weighted by atomic mass is 16.5. The summed E-state index contributed by atoms with van der Waals surface area (Å²) in [5.41, 5.74) is 1.66. The van der Waals surface area contributed by atoms with Crippen molar-refractivity contribution in [2.75, 3.05) is 18.6 Å². The number of hydrogen-bond acceptors (Lipinski definition) is 3. The van der Waals surface area contributed by atoms with E-state index in [4.69, 9.17) is 9.84 Å². The normalized spacial score (nSPS) is 19.1. The van der Waals surface area contributed by atoms with E-state index in [1.165, 1.54) is 4.90 Å². The SMILES string of the molecule is COc1cc(N2CC(C(=O)O)CC2=O)ccc1C. The minimum Gasteiger partial charge on any atom is -0.496 e. The van der Waals surface area contributed by atoms with Crippen LogP contribution in [0.4, 0.5) is 5.69 Å². The quantitative estimate of drug-likeness (QED) is 0.880. The average Bonchev–Trinajstić information content (AvgIpc) is 2.72. The molecule has 0 aromatic heterocycles. The Hall–Kier alpha value is -2.04. The second-order valence-corrected chi connectivity index (χ2v) is 4.40. The van der Waals surface area contributed by atoms with Crippen molar-refractivity contribution in [3.8, 4) is 5.75 Å². The molecule has 5 nitrogen and oxygen atoms in total. The summed E-state index contributed by atoms with van der Waals surface area (Å²) >= 11 is 0. The maximum Gasteiger partial charge on any atom is 0.308 e. The van der Waals surface area contributed by atoms with Crippen LogP contribution < -0.4 is 9.64 Å². The summed E-state index contributed by atoms with van der Waals surface area (Å²) in [5, 5.41) is 8.94. The largest absolute Gasteiger partial charge is 0.496 e. The van der Waals surface area contributed by atoms with Gasteiger partial charge >= 0.3 is 5.97 Å². The molecule has 0 radical (unpaired) electrons. The van der Waals surface area contributed by atoms with Crippen LogP contribution in [0.2, 0.25) is 0 Å². The fourth-order valence-electron chi connectivity index (χ4n) is 2.10. The molecule has 1 unspecified atom stereocenters. The Kier molecular flexibility index (Phi) is 3.23. The molecule has 0 aliphatic carbocycles. The Morgan fingerprint density at radius 1 is 1.50 bits per heavy atom. The number of anilines is 1. The summed E-state index contributed by atoms with van der Waals surface area (Å²) in [4.78, 5) is 24.2. The molecule has 2 rings (SSSR count). The van der Waals surface area contributed by atoms with E-state index < -0.39 is 11.9 Å². The lowest BCUT2D eigenvalue weighted by Crippen LogP contribution is -2.25. The lowest BCUT2D eigenvalue weighted by molar-refractivity contribution is -0.141. The van der Waals surface area contributed by atoms with Crippen molar-refractivity contribution in [2.24, 2.45) is 5.92 Å². The number of carboxylic acids is 1. The second kappa shape index (κ2) is 4.68. The lowest BCUT2D eigenvalue weighted by Gasteiger charge is -2.17. The minimum absolute atomic E-state index is 0.0610. The van der Waals surface area contributed by atoms with E-state index >= 15 is 0 Å². The number of methoxy groups -OCH3 is 1. The summed E-state index contributed by atoms with van der Waals surface area (Å²) in [6, 6.07) is 5.42. The summed E-state index contributed by atoms with van der Waals surface area (Å²) in [6.45, 7) is 2.13. The molecule has 1 aromatic carbocycles. The molecule has 0 bridgehead atoms. The zero-order valence-corrected chi connectivity index (χ0v) is 10.3. The van der Waals surface area contributed by atoms with Gasteiger partial charge < -0.3 is 14.7 Å². The average molecular weight is 249 g/mol. The van der Waals surface area contributed by atoms with Gasteiger partial charge in [0.25, 0.3) is 0 Å². The van der Waals surface area contributed by atoms with Crippen LogP contribution in [-0.2, 0) is 9.59 Å². The van der Waals surface area contributed by atoms with Gasteiger partial charge in [-0.1, -0.05) is 6.07 Å². The Morgan fingerprint density at radius 2 is 2.22 bits per heavy atom. The number of hydrogen-bond donors (Lipinski definition) is 1. The van der Waals surface area contributed by atoms with Crippen LogP contribution in [0.1, 0.15) is 12.0 Å². The molecule has 1 atom stereocenters. The van der Waals surface area contributed by atoms with Crippen LogP contribution in [-0.4, -0.2) is 30.6 Å². The van der Waals surface area contributed by atoms with E-state index in [9.17, 15) is 9.59 Å². The van der Waals surface area contributed by atoms with Crippen LogP contribution in [0.3, 0.4) is 0 Å². The molecular weight excluding hydrogens is 234 g/mol. The van der Waals surface area contributed by atoms with Crippen LogP contribution >= 0.6 is 0 Å². The number of ether oxygens (including phenoxy) is 1. The highest BCUT2D eigenvalue weighted by molar-refractivity contribution is 5.99. The van der Waals surface area contributed by atoms with Crippen LogP contribution in [0.15, 0.2) is 18.2 Å². The number of nitrogens with zero attached hydrogens (tertiary/aromatic N) is 1. The molecule has 1 aliphatic heterocycles. The molecular formula is C13H15NO4. The van der Waals surface area contributed by atoms with Gasteiger partial charge in [-0.2, -0.15) is 0 Å². The first-order valence-corrected chi connectivity index (χ1v) is 5.70. The molecule has 1 fully saturated rings. The molecule has 1 amide bonds. The monoisotopic (exact) mass is 249 g/mol.